The molecule has 0 saturated carbocycles. The zero-order valence-electron chi connectivity index (χ0n) is 14.5. The molecule has 0 spiro atoms. The molecule has 1 aliphatic heterocycles. The highest BCUT2D eigenvalue weighted by Crippen LogP contribution is 2.31. The van der Waals surface area contributed by atoms with Crippen LogP contribution in [-0.4, -0.2) is 35.9 Å². The first kappa shape index (κ1) is 17.0. The van der Waals surface area contributed by atoms with Gasteiger partial charge in [0.05, 0.1) is 31.4 Å². The van der Waals surface area contributed by atoms with E-state index in [9.17, 15) is 8.42 Å². The van der Waals surface area contributed by atoms with Gasteiger partial charge in [0.15, 0.2) is 0 Å². The molecule has 0 fully saturated rings. The van der Waals surface area contributed by atoms with Gasteiger partial charge >= 0.3 is 0 Å². The summed E-state index contributed by atoms with van der Waals surface area (Å²) in [6.07, 6.45) is 2.43. The predicted molar refractivity (Wildman–Crippen MR) is 91.6 cm³/mol. The number of benzene rings is 1. The van der Waals surface area contributed by atoms with E-state index in [-0.39, 0.29) is 10.9 Å². The lowest BCUT2D eigenvalue weighted by Gasteiger charge is -2.28. The lowest BCUT2D eigenvalue weighted by atomic mass is 10.2. The zero-order valence-corrected chi connectivity index (χ0v) is 15.3. The van der Waals surface area contributed by atoms with E-state index in [0.717, 1.165) is 17.0 Å². The molecule has 130 valence electrons. The highest BCUT2D eigenvalue weighted by atomic mass is 32.2. The second kappa shape index (κ2) is 6.22. The van der Waals surface area contributed by atoms with Gasteiger partial charge in [-0.05, 0) is 38.5 Å². The Labute approximate surface area is 143 Å². The molecule has 0 bridgehead atoms. The summed E-state index contributed by atoms with van der Waals surface area (Å²) in [7, 11) is -2.13. The van der Waals surface area contributed by atoms with Crippen molar-refractivity contribution in [1.82, 2.24) is 13.9 Å². The molecule has 24 heavy (non-hydrogen) atoms. The largest absolute Gasteiger partial charge is 0.495 e. The Hall–Kier alpha value is -1.86. The van der Waals surface area contributed by atoms with Crippen LogP contribution in [0.2, 0.25) is 0 Å². The van der Waals surface area contributed by atoms with Gasteiger partial charge < -0.3 is 9.30 Å². The van der Waals surface area contributed by atoms with Gasteiger partial charge in [0.2, 0.25) is 10.0 Å². The van der Waals surface area contributed by atoms with E-state index in [1.54, 1.807) is 18.5 Å². The summed E-state index contributed by atoms with van der Waals surface area (Å²) in [5, 5.41) is 0. The summed E-state index contributed by atoms with van der Waals surface area (Å²) in [6.45, 7) is 6.78. The quantitative estimate of drug-likeness (QED) is 0.851. The van der Waals surface area contributed by atoms with Crippen LogP contribution in [0.1, 0.15) is 36.8 Å². The van der Waals surface area contributed by atoms with Gasteiger partial charge in [0, 0.05) is 19.0 Å². The number of imidazole rings is 1. The van der Waals surface area contributed by atoms with Gasteiger partial charge in [-0.1, -0.05) is 6.07 Å². The number of nitrogens with zero attached hydrogens (tertiary/aromatic N) is 3. The molecule has 7 heteroatoms. The minimum atomic E-state index is -3.62. The lowest BCUT2D eigenvalue weighted by molar-refractivity contribution is 0.364. The maximum absolute atomic E-state index is 13.1. The van der Waals surface area contributed by atoms with E-state index in [1.807, 2.05) is 17.6 Å². The molecule has 0 N–H and O–H groups in total. The maximum atomic E-state index is 13.1. The number of hydrogen-bond acceptors (Lipinski definition) is 4. The van der Waals surface area contributed by atoms with Crippen LogP contribution < -0.4 is 4.74 Å². The fraction of sp³-hybridized carbons (Fsp3) is 0.471. The number of sulfonamides is 1. The number of aromatic nitrogens is 2. The SMILES string of the molecule is COc1ccc(C)cc1S(=O)(=O)N1CCc2ncn(C(C)C)c2C1. The molecular weight excluding hydrogens is 326 g/mol. The topological polar surface area (TPSA) is 64.4 Å². The summed E-state index contributed by atoms with van der Waals surface area (Å²) >= 11 is 0. The van der Waals surface area contributed by atoms with Crippen LogP contribution in [0.25, 0.3) is 0 Å². The Balaban J connectivity index is 2.00. The van der Waals surface area contributed by atoms with E-state index in [4.69, 9.17) is 4.74 Å². The van der Waals surface area contributed by atoms with Crippen LogP contribution in [-0.2, 0) is 23.0 Å². The van der Waals surface area contributed by atoms with E-state index >= 15 is 0 Å². The average molecular weight is 349 g/mol. The third-order valence-corrected chi connectivity index (χ3v) is 6.27. The van der Waals surface area contributed by atoms with Gasteiger partial charge in [-0.15, -0.1) is 0 Å². The molecule has 0 radical (unpaired) electrons. The number of aryl methyl sites for hydroxylation is 1. The monoisotopic (exact) mass is 349 g/mol. The van der Waals surface area contributed by atoms with Gasteiger partial charge in [0.1, 0.15) is 10.6 Å². The summed E-state index contributed by atoms with van der Waals surface area (Å²) in [4.78, 5) is 4.66. The molecule has 0 atom stereocenters. The molecule has 1 aromatic heterocycles. The van der Waals surface area contributed by atoms with Crippen LogP contribution in [0, 0.1) is 6.92 Å². The minimum Gasteiger partial charge on any atom is -0.495 e. The Morgan fingerprint density at radius 1 is 1.29 bits per heavy atom. The number of methoxy groups -OCH3 is 1. The maximum Gasteiger partial charge on any atom is 0.247 e. The molecule has 0 amide bonds. The first-order valence-corrected chi connectivity index (χ1v) is 9.48. The molecule has 6 nitrogen and oxygen atoms in total. The van der Waals surface area contributed by atoms with E-state index in [1.165, 1.54) is 11.4 Å². The smallest absolute Gasteiger partial charge is 0.247 e. The van der Waals surface area contributed by atoms with Crippen LogP contribution in [0.4, 0.5) is 0 Å². The first-order valence-electron chi connectivity index (χ1n) is 8.04. The fourth-order valence-corrected chi connectivity index (χ4v) is 4.70. The third kappa shape index (κ3) is 2.82. The Morgan fingerprint density at radius 3 is 2.71 bits per heavy atom. The van der Waals surface area contributed by atoms with Crippen LogP contribution in [0.15, 0.2) is 29.4 Å². The van der Waals surface area contributed by atoms with E-state index in [2.05, 4.69) is 18.8 Å². The molecule has 0 saturated heterocycles. The fourth-order valence-electron chi connectivity index (χ4n) is 3.06. The van der Waals surface area contributed by atoms with Crippen molar-refractivity contribution in [3.8, 4) is 5.75 Å². The summed E-state index contributed by atoms with van der Waals surface area (Å²) in [6, 6.07) is 5.47. The van der Waals surface area contributed by atoms with Crippen molar-refractivity contribution < 1.29 is 13.2 Å². The molecule has 2 heterocycles. The van der Waals surface area contributed by atoms with Crippen LogP contribution in [0.3, 0.4) is 0 Å². The molecule has 0 unspecified atom stereocenters. The zero-order chi connectivity index (χ0) is 17.5. The number of rotatable bonds is 4. The van der Waals surface area contributed by atoms with Gasteiger partial charge in [-0.2, -0.15) is 4.31 Å². The van der Waals surface area contributed by atoms with Crippen LogP contribution >= 0.6 is 0 Å². The molecule has 3 rings (SSSR count). The first-order chi connectivity index (χ1) is 11.3. The number of ether oxygens (including phenoxy) is 1. The lowest BCUT2D eigenvalue weighted by Crippen LogP contribution is -2.37. The van der Waals surface area contributed by atoms with Crippen molar-refractivity contribution in [2.45, 2.75) is 44.7 Å². The molecule has 1 aliphatic rings. The predicted octanol–water partition coefficient (Wildman–Crippen LogP) is 2.53. The molecule has 0 aliphatic carbocycles. The van der Waals surface area contributed by atoms with Crippen molar-refractivity contribution in [3.05, 3.63) is 41.5 Å². The third-order valence-electron chi connectivity index (χ3n) is 4.40. The second-order valence-corrected chi connectivity index (χ2v) is 8.29. The molecule has 1 aromatic carbocycles. The highest BCUT2D eigenvalue weighted by Gasteiger charge is 2.33. The molecule has 2 aromatic rings. The standard InChI is InChI=1S/C17H23N3O3S/c1-12(2)20-11-18-14-7-8-19(10-15(14)20)24(21,22)17-9-13(3)5-6-16(17)23-4/h5-6,9,11-12H,7-8,10H2,1-4H3. The van der Waals surface area contributed by atoms with Crippen molar-refractivity contribution in [1.29, 1.82) is 0 Å². The van der Waals surface area contributed by atoms with E-state index in [0.29, 0.717) is 25.3 Å². The van der Waals surface area contributed by atoms with Crippen molar-refractivity contribution in [3.63, 3.8) is 0 Å². The van der Waals surface area contributed by atoms with Crippen molar-refractivity contribution in [2.24, 2.45) is 0 Å². The van der Waals surface area contributed by atoms with Crippen LogP contribution in [0.5, 0.6) is 5.75 Å². The normalized spacial score (nSPS) is 15.5. The Kier molecular flexibility index (Phi) is 4.40. The Bertz CT molecular complexity index is 856. The minimum absolute atomic E-state index is 0.226. The second-order valence-electron chi connectivity index (χ2n) is 6.38. The average Bonchev–Trinajstić information content (AvgIpc) is 2.98. The van der Waals surface area contributed by atoms with Gasteiger partial charge in [-0.25, -0.2) is 13.4 Å². The summed E-state index contributed by atoms with van der Waals surface area (Å²) < 4.78 is 35.1. The van der Waals surface area contributed by atoms with E-state index < -0.39 is 10.0 Å². The summed E-state index contributed by atoms with van der Waals surface area (Å²) in [5.74, 6) is 0.378. The highest BCUT2D eigenvalue weighted by molar-refractivity contribution is 7.89. The van der Waals surface area contributed by atoms with Crippen molar-refractivity contribution >= 4 is 10.0 Å². The number of fused-ring (bicyclic) bond motifs is 1. The Morgan fingerprint density at radius 2 is 2.04 bits per heavy atom. The van der Waals surface area contributed by atoms with Crippen molar-refractivity contribution in [2.75, 3.05) is 13.7 Å². The number of hydrogen-bond donors (Lipinski definition) is 0. The molecular formula is C17H23N3O3S. The van der Waals surface area contributed by atoms with Gasteiger partial charge in [0.25, 0.3) is 0 Å². The summed E-state index contributed by atoms with van der Waals surface area (Å²) in [5.41, 5.74) is 2.86. The van der Waals surface area contributed by atoms with Gasteiger partial charge in [-0.3, -0.25) is 0 Å².